The first-order chi connectivity index (χ1) is 9.76. The van der Waals surface area contributed by atoms with E-state index in [1.807, 2.05) is 29.2 Å². The van der Waals surface area contributed by atoms with Gasteiger partial charge in [-0.15, -0.1) is 0 Å². The molecule has 0 radical (unpaired) electrons. The summed E-state index contributed by atoms with van der Waals surface area (Å²) < 4.78 is 5.34. The van der Waals surface area contributed by atoms with Crippen LogP contribution in [0.15, 0.2) is 24.3 Å². The van der Waals surface area contributed by atoms with Gasteiger partial charge >= 0.3 is 0 Å². The fraction of sp³-hybridized carbons (Fsp3) is 0.562. The van der Waals surface area contributed by atoms with E-state index in [2.05, 4.69) is 6.92 Å². The van der Waals surface area contributed by atoms with E-state index >= 15 is 0 Å². The second kappa shape index (κ2) is 7.41. The Bertz CT molecular complexity index is 425. The number of anilines is 1. The van der Waals surface area contributed by atoms with E-state index in [0.717, 1.165) is 37.1 Å². The summed E-state index contributed by atoms with van der Waals surface area (Å²) in [6.45, 7) is 4.78. The fourth-order valence-corrected chi connectivity index (χ4v) is 2.57. The Morgan fingerprint density at radius 2 is 1.95 bits per heavy atom. The van der Waals surface area contributed by atoms with Crippen LogP contribution >= 0.6 is 0 Å². The highest BCUT2D eigenvalue weighted by Gasteiger charge is 2.26. The summed E-state index contributed by atoms with van der Waals surface area (Å²) in [7, 11) is 0. The second-order valence-corrected chi connectivity index (χ2v) is 5.25. The van der Waals surface area contributed by atoms with Crippen molar-refractivity contribution in [1.29, 1.82) is 0 Å². The Balaban J connectivity index is 2.13. The van der Waals surface area contributed by atoms with E-state index < -0.39 is 0 Å². The molecule has 1 aromatic rings. The van der Waals surface area contributed by atoms with Crippen molar-refractivity contribution in [3.63, 3.8) is 0 Å². The van der Waals surface area contributed by atoms with Crippen LogP contribution in [-0.4, -0.2) is 25.7 Å². The SMILES string of the molecule is CCCN(C(=O)C1CCOCC1)c1ccc(CN)cc1. The van der Waals surface area contributed by atoms with Gasteiger partial charge in [-0.3, -0.25) is 4.79 Å². The van der Waals surface area contributed by atoms with Crippen molar-refractivity contribution in [1.82, 2.24) is 0 Å². The van der Waals surface area contributed by atoms with Gasteiger partial charge in [0, 0.05) is 37.9 Å². The molecule has 1 aliphatic rings. The summed E-state index contributed by atoms with van der Waals surface area (Å²) in [5.74, 6) is 0.333. The van der Waals surface area contributed by atoms with Gasteiger partial charge in [0.05, 0.1) is 0 Å². The molecule has 4 heteroatoms. The molecule has 20 heavy (non-hydrogen) atoms. The molecule has 0 spiro atoms. The normalized spacial score (nSPS) is 16.1. The highest BCUT2D eigenvalue weighted by molar-refractivity contribution is 5.95. The molecular formula is C16H24N2O2. The standard InChI is InChI=1S/C16H24N2O2/c1-2-9-18(15-5-3-13(12-17)4-6-15)16(19)14-7-10-20-11-8-14/h3-6,14H,2,7-12,17H2,1H3. The second-order valence-electron chi connectivity index (χ2n) is 5.25. The molecule has 0 unspecified atom stereocenters. The van der Waals surface area contributed by atoms with Gasteiger partial charge in [0.1, 0.15) is 0 Å². The van der Waals surface area contributed by atoms with Crippen molar-refractivity contribution in [2.45, 2.75) is 32.7 Å². The highest BCUT2D eigenvalue weighted by atomic mass is 16.5. The number of carbonyl (C=O) groups is 1. The summed E-state index contributed by atoms with van der Waals surface area (Å²) in [4.78, 5) is 14.6. The maximum atomic E-state index is 12.7. The molecular weight excluding hydrogens is 252 g/mol. The molecule has 2 N–H and O–H groups in total. The van der Waals surface area contributed by atoms with Crippen LogP contribution in [0.4, 0.5) is 5.69 Å². The summed E-state index contributed by atoms with van der Waals surface area (Å²) in [5.41, 5.74) is 7.68. The lowest BCUT2D eigenvalue weighted by Gasteiger charge is -2.29. The molecule has 2 rings (SSSR count). The minimum atomic E-state index is 0.101. The maximum Gasteiger partial charge on any atom is 0.230 e. The lowest BCUT2D eigenvalue weighted by atomic mass is 9.98. The topological polar surface area (TPSA) is 55.6 Å². The molecule has 1 fully saturated rings. The molecule has 0 atom stereocenters. The molecule has 4 nitrogen and oxygen atoms in total. The lowest BCUT2D eigenvalue weighted by Crippen LogP contribution is -2.39. The van der Waals surface area contributed by atoms with E-state index in [9.17, 15) is 4.79 Å². The van der Waals surface area contributed by atoms with Gasteiger partial charge in [-0.05, 0) is 37.0 Å². The van der Waals surface area contributed by atoms with Crippen molar-refractivity contribution in [2.24, 2.45) is 11.7 Å². The highest BCUT2D eigenvalue weighted by Crippen LogP contribution is 2.23. The quantitative estimate of drug-likeness (QED) is 0.898. The van der Waals surface area contributed by atoms with Gasteiger partial charge in [0.25, 0.3) is 0 Å². The molecule has 0 aromatic heterocycles. The van der Waals surface area contributed by atoms with Crippen molar-refractivity contribution in [2.75, 3.05) is 24.7 Å². The van der Waals surface area contributed by atoms with Gasteiger partial charge < -0.3 is 15.4 Å². The molecule has 1 aliphatic heterocycles. The van der Waals surface area contributed by atoms with Crippen molar-refractivity contribution in [3.05, 3.63) is 29.8 Å². The third-order valence-electron chi connectivity index (χ3n) is 3.77. The van der Waals surface area contributed by atoms with E-state index in [-0.39, 0.29) is 11.8 Å². The number of hydrogen-bond acceptors (Lipinski definition) is 3. The Hall–Kier alpha value is -1.39. The zero-order valence-electron chi connectivity index (χ0n) is 12.2. The summed E-state index contributed by atoms with van der Waals surface area (Å²) in [5, 5.41) is 0. The number of amides is 1. The number of benzene rings is 1. The molecule has 1 heterocycles. The van der Waals surface area contributed by atoms with Crippen LogP contribution in [-0.2, 0) is 16.1 Å². The van der Waals surface area contributed by atoms with Crippen LogP contribution in [0.25, 0.3) is 0 Å². The van der Waals surface area contributed by atoms with E-state index in [4.69, 9.17) is 10.5 Å². The predicted molar refractivity (Wildman–Crippen MR) is 80.5 cm³/mol. The van der Waals surface area contributed by atoms with Crippen LogP contribution in [0, 0.1) is 5.92 Å². The van der Waals surface area contributed by atoms with Crippen LogP contribution in [0.2, 0.25) is 0 Å². The van der Waals surface area contributed by atoms with Crippen molar-refractivity contribution >= 4 is 11.6 Å². The van der Waals surface area contributed by atoms with Crippen LogP contribution in [0.3, 0.4) is 0 Å². The smallest absolute Gasteiger partial charge is 0.230 e. The van der Waals surface area contributed by atoms with Crippen molar-refractivity contribution in [3.8, 4) is 0 Å². The summed E-state index contributed by atoms with van der Waals surface area (Å²) >= 11 is 0. The Kier molecular flexibility index (Phi) is 5.56. The monoisotopic (exact) mass is 276 g/mol. The Morgan fingerprint density at radius 1 is 1.30 bits per heavy atom. The minimum Gasteiger partial charge on any atom is -0.381 e. The molecule has 1 amide bonds. The van der Waals surface area contributed by atoms with Gasteiger partial charge in [0.2, 0.25) is 5.91 Å². The van der Waals surface area contributed by atoms with Crippen LogP contribution in [0.5, 0.6) is 0 Å². The van der Waals surface area contributed by atoms with Crippen LogP contribution in [0.1, 0.15) is 31.7 Å². The third-order valence-corrected chi connectivity index (χ3v) is 3.77. The van der Waals surface area contributed by atoms with E-state index in [1.54, 1.807) is 0 Å². The van der Waals surface area contributed by atoms with E-state index in [0.29, 0.717) is 19.8 Å². The molecule has 1 saturated heterocycles. The lowest BCUT2D eigenvalue weighted by molar-refractivity contribution is -0.125. The number of nitrogens with zero attached hydrogens (tertiary/aromatic N) is 1. The average molecular weight is 276 g/mol. The predicted octanol–water partition coefficient (Wildman–Crippen LogP) is 2.31. The molecule has 0 saturated carbocycles. The average Bonchev–Trinajstić information content (AvgIpc) is 2.53. The largest absolute Gasteiger partial charge is 0.381 e. The summed E-state index contributed by atoms with van der Waals surface area (Å²) in [6.07, 6.45) is 2.62. The first kappa shape index (κ1) is 15.0. The van der Waals surface area contributed by atoms with Gasteiger partial charge in [-0.2, -0.15) is 0 Å². The number of rotatable bonds is 5. The number of ether oxygens (including phenoxy) is 1. The van der Waals surface area contributed by atoms with E-state index in [1.165, 1.54) is 0 Å². The number of hydrogen-bond donors (Lipinski definition) is 1. The zero-order valence-corrected chi connectivity index (χ0v) is 12.2. The Labute approximate surface area is 120 Å². The number of nitrogens with two attached hydrogens (primary N) is 1. The number of carbonyl (C=O) groups excluding carboxylic acids is 1. The van der Waals surface area contributed by atoms with Gasteiger partial charge in [-0.25, -0.2) is 0 Å². The van der Waals surface area contributed by atoms with Gasteiger partial charge in [0.15, 0.2) is 0 Å². The van der Waals surface area contributed by atoms with Crippen molar-refractivity contribution < 1.29 is 9.53 Å². The van der Waals surface area contributed by atoms with Gasteiger partial charge in [-0.1, -0.05) is 19.1 Å². The first-order valence-electron chi connectivity index (χ1n) is 7.44. The summed E-state index contributed by atoms with van der Waals surface area (Å²) in [6, 6.07) is 7.98. The molecule has 1 aromatic carbocycles. The minimum absolute atomic E-state index is 0.101. The molecule has 110 valence electrons. The molecule has 0 bridgehead atoms. The van der Waals surface area contributed by atoms with Crippen LogP contribution < -0.4 is 10.6 Å². The maximum absolute atomic E-state index is 12.7. The molecule has 0 aliphatic carbocycles. The third kappa shape index (κ3) is 3.58. The first-order valence-corrected chi connectivity index (χ1v) is 7.44. The Morgan fingerprint density at radius 3 is 2.50 bits per heavy atom. The zero-order chi connectivity index (χ0) is 14.4. The fourth-order valence-electron chi connectivity index (χ4n) is 2.57.